The molecule has 0 saturated carbocycles. The summed E-state index contributed by atoms with van der Waals surface area (Å²) in [6, 6.07) is 9.86. The van der Waals surface area contributed by atoms with Gasteiger partial charge in [-0.15, -0.1) is 0 Å². The van der Waals surface area contributed by atoms with E-state index in [-0.39, 0.29) is 5.91 Å². The highest BCUT2D eigenvalue weighted by atomic mass is 16.1. The molecule has 4 nitrogen and oxygen atoms in total. The number of anilines is 2. The third-order valence-corrected chi connectivity index (χ3v) is 3.08. The molecule has 1 amide bonds. The Morgan fingerprint density at radius 2 is 1.90 bits per heavy atom. The third-order valence-electron chi connectivity index (χ3n) is 3.08. The van der Waals surface area contributed by atoms with Crippen LogP contribution in [0, 0.1) is 13.8 Å². The Kier molecular flexibility index (Phi) is 4.58. The van der Waals surface area contributed by atoms with Crippen molar-refractivity contribution in [1.82, 2.24) is 4.98 Å². The van der Waals surface area contributed by atoms with Crippen molar-refractivity contribution in [3.05, 3.63) is 53.3 Å². The number of amides is 1. The largest absolute Gasteiger partial charge is 0.382 e. The summed E-state index contributed by atoms with van der Waals surface area (Å²) in [6.45, 7) is 8.12. The molecule has 2 rings (SSSR count). The lowest BCUT2D eigenvalue weighted by atomic mass is 10.1. The van der Waals surface area contributed by atoms with Crippen LogP contribution in [0.4, 0.5) is 11.4 Å². The predicted octanol–water partition coefficient (Wildman–Crippen LogP) is 3.77. The van der Waals surface area contributed by atoms with Crippen LogP contribution >= 0.6 is 0 Å². The van der Waals surface area contributed by atoms with Gasteiger partial charge >= 0.3 is 0 Å². The van der Waals surface area contributed by atoms with Crippen molar-refractivity contribution >= 4 is 17.3 Å². The van der Waals surface area contributed by atoms with E-state index in [0.29, 0.717) is 11.7 Å². The van der Waals surface area contributed by atoms with Gasteiger partial charge in [-0.1, -0.05) is 17.7 Å². The number of benzene rings is 1. The number of aromatic nitrogens is 1. The zero-order valence-electron chi connectivity index (χ0n) is 12.9. The molecule has 0 aliphatic heterocycles. The monoisotopic (exact) mass is 283 g/mol. The molecular weight excluding hydrogens is 262 g/mol. The molecule has 1 heterocycles. The van der Waals surface area contributed by atoms with Gasteiger partial charge in [0.25, 0.3) is 5.91 Å². The van der Waals surface area contributed by atoms with E-state index in [4.69, 9.17) is 0 Å². The number of nitrogens with zero attached hydrogens (tertiary/aromatic N) is 1. The first kappa shape index (κ1) is 15.0. The van der Waals surface area contributed by atoms with Crippen LogP contribution in [-0.4, -0.2) is 16.9 Å². The van der Waals surface area contributed by atoms with E-state index in [1.807, 2.05) is 38.1 Å². The van der Waals surface area contributed by atoms with Gasteiger partial charge in [-0.3, -0.25) is 4.79 Å². The number of nitrogens with one attached hydrogen (secondary N) is 2. The molecule has 2 N–H and O–H groups in total. The fraction of sp³-hybridized carbons (Fsp3) is 0.294. The third kappa shape index (κ3) is 4.05. The fourth-order valence-corrected chi connectivity index (χ4v) is 2.09. The number of carbonyl (C=O) groups is 1. The average molecular weight is 283 g/mol. The molecule has 110 valence electrons. The molecule has 0 atom stereocenters. The van der Waals surface area contributed by atoms with Crippen LogP contribution in [0.5, 0.6) is 0 Å². The molecule has 0 radical (unpaired) electrons. The summed E-state index contributed by atoms with van der Waals surface area (Å²) in [5.41, 5.74) is 4.35. The minimum absolute atomic E-state index is 0.196. The summed E-state index contributed by atoms with van der Waals surface area (Å²) in [4.78, 5) is 16.4. The molecule has 0 saturated heterocycles. The van der Waals surface area contributed by atoms with Crippen LogP contribution in [0.1, 0.15) is 35.5 Å². The van der Waals surface area contributed by atoms with Crippen molar-refractivity contribution in [1.29, 1.82) is 0 Å². The van der Waals surface area contributed by atoms with Gasteiger partial charge in [0.1, 0.15) is 5.69 Å². The second-order valence-corrected chi connectivity index (χ2v) is 5.50. The van der Waals surface area contributed by atoms with E-state index < -0.39 is 0 Å². The van der Waals surface area contributed by atoms with E-state index in [1.165, 1.54) is 5.56 Å². The smallest absolute Gasteiger partial charge is 0.274 e. The van der Waals surface area contributed by atoms with Crippen molar-refractivity contribution < 1.29 is 4.79 Å². The maximum atomic E-state index is 12.2. The molecular formula is C17H21N3O. The summed E-state index contributed by atoms with van der Waals surface area (Å²) in [5.74, 6) is -0.196. The molecule has 21 heavy (non-hydrogen) atoms. The quantitative estimate of drug-likeness (QED) is 0.898. The first-order valence-electron chi connectivity index (χ1n) is 7.07. The molecule has 1 aromatic carbocycles. The SMILES string of the molecule is Cc1ccc(NC(=O)c2ccc(NC(C)C)cn2)c(C)c1. The second kappa shape index (κ2) is 6.39. The zero-order valence-corrected chi connectivity index (χ0v) is 12.9. The number of pyridine rings is 1. The Hall–Kier alpha value is -2.36. The van der Waals surface area contributed by atoms with Crippen molar-refractivity contribution in [3.8, 4) is 0 Å². The minimum Gasteiger partial charge on any atom is -0.382 e. The van der Waals surface area contributed by atoms with Crippen LogP contribution in [0.15, 0.2) is 36.5 Å². The highest BCUT2D eigenvalue weighted by Gasteiger charge is 2.09. The number of hydrogen-bond donors (Lipinski definition) is 2. The highest BCUT2D eigenvalue weighted by molar-refractivity contribution is 6.03. The minimum atomic E-state index is -0.196. The van der Waals surface area contributed by atoms with Gasteiger partial charge in [0.15, 0.2) is 0 Å². The van der Waals surface area contributed by atoms with E-state index in [2.05, 4.69) is 29.5 Å². The first-order chi connectivity index (χ1) is 9.95. The molecule has 4 heteroatoms. The van der Waals surface area contributed by atoms with Gasteiger partial charge in [-0.25, -0.2) is 4.98 Å². The summed E-state index contributed by atoms with van der Waals surface area (Å²) in [7, 11) is 0. The van der Waals surface area contributed by atoms with Gasteiger partial charge in [-0.05, 0) is 51.5 Å². The van der Waals surface area contributed by atoms with Gasteiger partial charge in [0, 0.05) is 11.7 Å². The van der Waals surface area contributed by atoms with Gasteiger partial charge in [0.05, 0.1) is 11.9 Å². The van der Waals surface area contributed by atoms with E-state index >= 15 is 0 Å². The molecule has 1 aromatic heterocycles. The maximum absolute atomic E-state index is 12.2. The molecule has 0 aliphatic carbocycles. The molecule has 0 unspecified atom stereocenters. The molecule has 0 fully saturated rings. The Morgan fingerprint density at radius 1 is 1.14 bits per heavy atom. The number of carbonyl (C=O) groups excluding carboxylic acids is 1. The lowest BCUT2D eigenvalue weighted by molar-refractivity contribution is 0.102. The topological polar surface area (TPSA) is 54.0 Å². The molecule has 2 aromatic rings. The van der Waals surface area contributed by atoms with Gasteiger partial charge in [-0.2, -0.15) is 0 Å². The van der Waals surface area contributed by atoms with Crippen LogP contribution in [-0.2, 0) is 0 Å². The van der Waals surface area contributed by atoms with Crippen LogP contribution in [0.3, 0.4) is 0 Å². The van der Waals surface area contributed by atoms with E-state index in [1.54, 1.807) is 12.3 Å². The fourth-order valence-electron chi connectivity index (χ4n) is 2.09. The average Bonchev–Trinajstić information content (AvgIpc) is 2.42. The van der Waals surface area contributed by atoms with Crippen molar-refractivity contribution in [2.45, 2.75) is 33.7 Å². The lowest BCUT2D eigenvalue weighted by Gasteiger charge is -2.11. The van der Waals surface area contributed by atoms with E-state index in [9.17, 15) is 4.79 Å². The summed E-state index contributed by atoms with van der Waals surface area (Å²) in [5, 5.41) is 6.13. The van der Waals surface area contributed by atoms with Crippen molar-refractivity contribution in [3.63, 3.8) is 0 Å². The van der Waals surface area contributed by atoms with Gasteiger partial charge in [0.2, 0.25) is 0 Å². The summed E-state index contributed by atoms with van der Waals surface area (Å²) in [6.07, 6.45) is 1.68. The maximum Gasteiger partial charge on any atom is 0.274 e. The molecule has 0 aliphatic rings. The molecule has 0 bridgehead atoms. The number of rotatable bonds is 4. The summed E-state index contributed by atoms with van der Waals surface area (Å²) >= 11 is 0. The standard InChI is InChI=1S/C17H21N3O/c1-11(2)19-14-6-8-16(18-10-14)17(21)20-15-7-5-12(3)9-13(15)4/h5-11,19H,1-4H3,(H,20,21). The Balaban J connectivity index is 2.09. The lowest BCUT2D eigenvalue weighted by Crippen LogP contribution is -2.15. The Bertz CT molecular complexity index is 633. The van der Waals surface area contributed by atoms with Crippen molar-refractivity contribution in [2.75, 3.05) is 10.6 Å². The first-order valence-corrected chi connectivity index (χ1v) is 7.07. The van der Waals surface area contributed by atoms with Crippen LogP contribution in [0.25, 0.3) is 0 Å². The zero-order chi connectivity index (χ0) is 15.4. The Labute approximate surface area is 125 Å². The molecule has 0 spiro atoms. The predicted molar refractivity (Wildman–Crippen MR) is 86.9 cm³/mol. The van der Waals surface area contributed by atoms with E-state index in [0.717, 1.165) is 16.9 Å². The van der Waals surface area contributed by atoms with Crippen LogP contribution in [0.2, 0.25) is 0 Å². The normalized spacial score (nSPS) is 10.5. The highest BCUT2D eigenvalue weighted by Crippen LogP contribution is 2.17. The van der Waals surface area contributed by atoms with Gasteiger partial charge < -0.3 is 10.6 Å². The summed E-state index contributed by atoms with van der Waals surface area (Å²) < 4.78 is 0. The number of aryl methyl sites for hydroxylation is 2. The Morgan fingerprint density at radius 3 is 2.48 bits per heavy atom. The second-order valence-electron chi connectivity index (χ2n) is 5.50. The van der Waals surface area contributed by atoms with Crippen LogP contribution < -0.4 is 10.6 Å². The van der Waals surface area contributed by atoms with Crippen molar-refractivity contribution in [2.24, 2.45) is 0 Å². The number of hydrogen-bond acceptors (Lipinski definition) is 3.